The molecule has 0 bridgehead atoms. The molecular weight excluding hydrogens is 274 g/mol. The molecule has 3 aliphatic rings. The molecule has 2 saturated carbocycles. The van der Waals surface area contributed by atoms with Crippen LogP contribution in [0.3, 0.4) is 0 Å². The van der Waals surface area contributed by atoms with Crippen LogP contribution in [0.1, 0.15) is 58.3 Å². The molecule has 1 heterocycles. The molecule has 0 aromatic carbocycles. The van der Waals surface area contributed by atoms with Crippen LogP contribution in [0.2, 0.25) is 0 Å². The molecule has 0 spiro atoms. The first-order valence-corrected chi connectivity index (χ1v) is 9.46. The second-order valence-electron chi connectivity index (χ2n) is 7.77. The maximum absolute atomic E-state index is 12.2. The van der Waals surface area contributed by atoms with Crippen LogP contribution in [-0.4, -0.2) is 60.5 Å². The lowest BCUT2D eigenvalue weighted by Crippen LogP contribution is -2.52. The van der Waals surface area contributed by atoms with Crippen molar-refractivity contribution in [2.24, 2.45) is 5.92 Å². The van der Waals surface area contributed by atoms with Gasteiger partial charge in [0.05, 0.1) is 6.54 Å². The second-order valence-corrected chi connectivity index (χ2v) is 7.77. The van der Waals surface area contributed by atoms with E-state index in [0.717, 1.165) is 38.1 Å². The van der Waals surface area contributed by atoms with Crippen LogP contribution >= 0.6 is 0 Å². The summed E-state index contributed by atoms with van der Waals surface area (Å²) in [6.45, 7) is 7.35. The van der Waals surface area contributed by atoms with Gasteiger partial charge in [-0.2, -0.15) is 0 Å². The molecular formula is C18H33N3O. The summed E-state index contributed by atoms with van der Waals surface area (Å²) in [4.78, 5) is 17.2. The Kier molecular flexibility index (Phi) is 5.75. The molecule has 0 aromatic heterocycles. The highest BCUT2D eigenvalue weighted by Crippen LogP contribution is 2.25. The van der Waals surface area contributed by atoms with E-state index in [-0.39, 0.29) is 5.91 Å². The van der Waals surface area contributed by atoms with Gasteiger partial charge in [0.25, 0.3) is 0 Å². The summed E-state index contributed by atoms with van der Waals surface area (Å²) >= 11 is 0. The number of piperazine rings is 1. The van der Waals surface area contributed by atoms with Gasteiger partial charge in [0.2, 0.25) is 5.91 Å². The van der Waals surface area contributed by atoms with E-state index >= 15 is 0 Å². The summed E-state index contributed by atoms with van der Waals surface area (Å²) in [6, 6.07) is 1.27. The molecule has 22 heavy (non-hydrogen) atoms. The molecule has 0 radical (unpaired) electrons. The average Bonchev–Trinajstić information content (AvgIpc) is 3.05. The minimum Gasteiger partial charge on any atom is -0.352 e. The van der Waals surface area contributed by atoms with Crippen molar-refractivity contribution in [1.82, 2.24) is 15.1 Å². The SMILES string of the molecule is CC1CCC(NC(=O)CN2CCN(C3CCCC3)CC2)CC1. The van der Waals surface area contributed by atoms with Gasteiger partial charge in [0.15, 0.2) is 0 Å². The van der Waals surface area contributed by atoms with E-state index in [1.54, 1.807) is 0 Å². The molecule has 0 unspecified atom stereocenters. The normalized spacial score (nSPS) is 32.2. The zero-order valence-electron chi connectivity index (χ0n) is 14.2. The zero-order chi connectivity index (χ0) is 15.4. The summed E-state index contributed by atoms with van der Waals surface area (Å²) in [6.07, 6.45) is 10.5. The quantitative estimate of drug-likeness (QED) is 0.865. The second kappa shape index (κ2) is 7.78. The van der Waals surface area contributed by atoms with Crippen molar-refractivity contribution in [3.63, 3.8) is 0 Å². The fraction of sp³-hybridized carbons (Fsp3) is 0.944. The van der Waals surface area contributed by atoms with Crippen LogP contribution in [0.5, 0.6) is 0 Å². The molecule has 3 rings (SSSR count). The predicted octanol–water partition coefficient (Wildman–Crippen LogP) is 2.24. The van der Waals surface area contributed by atoms with Crippen LogP contribution in [-0.2, 0) is 4.79 Å². The van der Waals surface area contributed by atoms with Gasteiger partial charge >= 0.3 is 0 Å². The van der Waals surface area contributed by atoms with Gasteiger partial charge in [-0.25, -0.2) is 0 Å². The fourth-order valence-corrected chi connectivity index (χ4v) is 4.44. The van der Waals surface area contributed by atoms with Gasteiger partial charge in [-0.1, -0.05) is 19.8 Å². The minimum absolute atomic E-state index is 0.244. The van der Waals surface area contributed by atoms with Gasteiger partial charge in [0, 0.05) is 38.3 Å². The number of carbonyl (C=O) groups excluding carboxylic acids is 1. The first-order chi connectivity index (χ1) is 10.7. The summed E-state index contributed by atoms with van der Waals surface area (Å²) in [5.74, 6) is 1.09. The monoisotopic (exact) mass is 307 g/mol. The van der Waals surface area contributed by atoms with Crippen molar-refractivity contribution in [3.8, 4) is 0 Å². The lowest BCUT2D eigenvalue weighted by molar-refractivity contribution is -0.123. The van der Waals surface area contributed by atoms with E-state index in [1.165, 1.54) is 51.4 Å². The van der Waals surface area contributed by atoms with Crippen LogP contribution in [0, 0.1) is 5.92 Å². The van der Waals surface area contributed by atoms with Gasteiger partial charge in [0.1, 0.15) is 0 Å². The number of hydrogen-bond donors (Lipinski definition) is 1. The number of hydrogen-bond acceptors (Lipinski definition) is 3. The number of nitrogens with one attached hydrogen (secondary N) is 1. The highest BCUT2D eigenvalue weighted by molar-refractivity contribution is 5.78. The lowest BCUT2D eigenvalue weighted by Gasteiger charge is -2.38. The topological polar surface area (TPSA) is 35.6 Å². The van der Waals surface area contributed by atoms with E-state index < -0.39 is 0 Å². The van der Waals surface area contributed by atoms with Gasteiger partial charge in [-0.15, -0.1) is 0 Å². The molecule has 1 amide bonds. The van der Waals surface area contributed by atoms with Crippen molar-refractivity contribution in [2.75, 3.05) is 32.7 Å². The molecule has 0 atom stereocenters. The maximum atomic E-state index is 12.2. The zero-order valence-corrected chi connectivity index (χ0v) is 14.2. The third kappa shape index (κ3) is 4.45. The van der Waals surface area contributed by atoms with Crippen LogP contribution in [0.15, 0.2) is 0 Å². The van der Waals surface area contributed by atoms with Crippen LogP contribution < -0.4 is 5.32 Å². The Morgan fingerprint density at radius 2 is 1.59 bits per heavy atom. The van der Waals surface area contributed by atoms with Crippen molar-refractivity contribution >= 4 is 5.91 Å². The number of rotatable bonds is 4. The van der Waals surface area contributed by atoms with E-state index in [1.807, 2.05) is 0 Å². The fourth-order valence-electron chi connectivity index (χ4n) is 4.44. The molecule has 3 fully saturated rings. The van der Waals surface area contributed by atoms with Gasteiger partial charge in [-0.3, -0.25) is 14.6 Å². The van der Waals surface area contributed by atoms with Crippen molar-refractivity contribution < 1.29 is 4.79 Å². The summed E-state index contributed by atoms with van der Waals surface area (Å²) < 4.78 is 0. The third-order valence-corrected chi connectivity index (χ3v) is 6.00. The smallest absolute Gasteiger partial charge is 0.234 e. The van der Waals surface area contributed by atoms with E-state index in [2.05, 4.69) is 22.0 Å². The molecule has 4 nitrogen and oxygen atoms in total. The predicted molar refractivity (Wildman–Crippen MR) is 89.8 cm³/mol. The summed E-state index contributed by atoms with van der Waals surface area (Å²) in [7, 11) is 0. The van der Waals surface area contributed by atoms with Gasteiger partial charge < -0.3 is 5.32 Å². The van der Waals surface area contributed by atoms with E-state index in [4.69, 9.17) is 0 Å². The van der Waals surface area contributed by atoms with E-state index in [0.29, 0.717) is 12.6 Å². The van der Waals surface area contributed by atoms with Crippen molar-refractivity contribution in [2.45, 2.75) is 70.4 Å². The number of amides is 1. The molecule has 2 aliphatic carbocycles. The number of carbonyl (C=O) groups is 1. The molecule has 1 N–H and O–H groups in total. The number of nitrogens with zero attached hydrogens (tertiary/aromatic N) is 2. The Hall–Kier alpha value is -0.610. The maximum Gasteiger partial charge on any atom is 0.234 e. The molecule has 1 aliphatic heterocycles. The largest absolute Gasteiger partial charge is 0.352 e. The Morgan fingerprint density at radius 1 is 0.955 bits per heavy atom. The lowest BCUT2D eigenvalue weighted by atomic mass is 9.87. The first-order valence-electron chi connectivity index (χ1n) is 9.46. The molecule has 0 aromatic rings. The van der Waals surface area contributed by atoms with E-state index in [9.17, 15) is 4.79 Å². The Balaban J connectivity index is 1.34. The standard InChI is InChI=1S/C18H33N3O/c1-15-6-8-16(9-7-15)19-18(22)14-20-10-12-21(13-11-20)17-4-2-3-5-17/h15-17H,2-14H2,1H3,(H,19,22). The van der Waals surface area contributed by atoms with Gasteiger partial charge in [-0.05, 0) is 44.4 Å². The van der Waals surface area contributed by atoms with Crippen LogP contribution in [0.4, 0.5) is 0 Å². The summed E-state index contributed by atoms with van der Waals surface area (Å²) in [5, 5.41) is 3.26. The van der Waals surface area contributed by atoms with Crippen LogP contribution in [0.25, 0.3) is 0 Å². The average molecular weight is 307 g/mol. The minimum atomic E-state index is 0.244. The van der Waals surface area contributed by atoms with Crippen molar-refractivity contribution in [1.29, 1.82) is 0 Å². The molecule has 4 heteroatoms. The highest BCUT2D eigenvalue weighted by Gasteiger charge is 2.27. The Bertz CT molecular complexity index is 351. The molecule has 126 valence electrons. The van der Waals surface area contributed by atoms with Crippen molar-refractivity contribution in [3.05, 3.63) is 0 Å². The Morgan fingerprint density at radius 3 is 2.23 bits per heavy atom. The third-order valence-electron chi connectivity index (χ3n) is 6.00. The highest BCUT2D eigenvalue weighted by atomic mass is 16.2. The first kappa shape index (κ1) is 16.3. The Labute approximate surface area is 135 Å². The molecule has 1 saturated heterocycles. The summed E-state index contributed by atoms with van der Waals surface area (Å²) in [5.41, 5.74) is 0.